The molecule has 0 heterocycles. The third kappa shape index (κ3) is 4.92. The molecule has 9 heteroatoms. The highest BCUT2D eigenvalue weighted by atomic mass is 16.6. The average Bonchev–Trinajstić information content (AvgIpc) is 2.73. The predicted molar refractivity (Wildman–Crippen MR) is 105 cm³/mol. The van der Waals surface area contributed by atoms with Crippen molar-refractivity contribution in [1.29, 1.82) is 0 Å². The molecule has 0 spiro atoms. The Hall–Kier alpha value is -4.27. The summed E-state index contributed by atoms with van der Waals surface area (Å²) in [6.45, 7) is 0.390. The fourth-order valence-corrected chi connectivity index (χ4v) is 2.55. The monoisotopic (exact) mass is 393 g/mol. The zero-order valence-corrected chi connectivity index (χ0v) is 15.0. The summed E-state index contributed by atoms with van der Waals surface area (Å²) in [5.41, 5.74) is 0.0303. The van der Waals surface area contributed by atoms with Gasteiger partial charge >= 0.3 is 0 Å². The number of benzene rings is 3. The summed E-state index contributed by atoms with van der Waals surface area (Å²) in [5, 5.41) is 24.5. The quantitative estimate of drug-likeness (QED) is 0.470. The fraction of sp³-hybridized carbons (Fsp3) is 0.0500. The van der Waals surface area contributed by atoms with E-state index >= 15 is 0 Å². The van der Waals surface area contributed by atoms with Gasteiger partial charge in [0.05, 0.1) is 15.9 Å². The first kappa shape index (κ1) is 19.5. The molecule has 3 aromatic rings. The number of nitrogens with one attached hydrogen (secondary N) is 1. The number of hydrogen-bond donors (Lipinski definition) is 1. The maximum Gasteiger partial charge on any atom is 0.289 e. The lowest BCUT2D eigenvalue weighted by Crippen LogP contribution is -2.14. The molecule has 0 aliphatic carbocycles. The number of ether oxygens (including phenoxy) is 1. The number of hydrogen-bond acceptors (Lipinski definition) is 6. The van der Waals surface area contributed by atoms with Crippen molar-refractivity contribution >= 4 is 23.0 Å². The second-order valence-electron chi connectivity index (χ2n) is 5.97. The second kappa shape index (κ2) is 8.61. The Kier molecular flexibility index (Phi) is 5.79. The summed E-state index contributed by atoms with van der Waals surface area (Å²) in [4.78, 5) is 32.8. The zero-order valence-electron chi connectivity index (χ0n) is 15.0. The molecule has 0 fully saturated rings. The molecule has 0 aliphatic heterocycles. The number of nitro benzene ring substituents is 2. The van der Waals surface area contributed by atoms with E-state index in [1.807, 2.05) is 30.3 Å². The minimum atomic E-state index is -0.831. The first-order valence-corrected chi connectivity index (χ1v) is 8.45. The molecule has 146 valence electrons. The van der Waals surface area contributed by atoms with Gasteiger partial charge in [0.15, 0.2) is 0 Å². The van der Waals surface area contributed by atoms with E-state index in [1.54, 1.807) is 24.3 Å². The Morgan fingerprint density at radius 1 is 0.897 bits per heavy atom. The van der Waals surface area contributed by atoms with E-state index in [4.69, 9.17) is 4.74 Å². The summed E-state index contributed by atoms with van der Waals surface area (Å²) in [5.74, 6) is -0.155. The molecule has 29 heavy (non-hydrogen) atoms. The van der Waals surface area contributed by atoms with Gasteiger partial charge in [0.25, 0.3) is 17.3 Å². The second-order valence-corrected chi connectivity index (χ2v) is 5.97. The van der Waals surface area contributed by atoms with Gasteiger partial charge in [0.1, 0.15) is 17.9 Å². The van der Waals surface area contributed by atoms with Crippen LogP contribution < -0.4 is 10.1 Å². The molecule has 0 bridgehead atoms. The van der Waals surface area contributed by atoms with Gasteiger partial charge in [-0.25, -0.2) is 0 Å². The van der Waals surface area contributed by atoms with Gasteiger partial charge in [-0.15, -0.1) is 0 Å². The van der Waals surface area contributed by atoms with Gasteiger partial charge in [0, 0.05) is 11.8 Å². The van der Waals surface area contributed by atoms with Gasteiger partial charge < -0.3 is 10.1 Å². The maximum atomic E-state index is 12.4. The van der Waals surface area contributed by atoms with E-state index in [-0.39, 0.29) is 5.56 Å². The van der Waals surface area contributed by atoms with Crippen LogP contribution in [0, 0.1) is 20.2 Å². The molecule has 3 aromatic carbocycles. The smallest absolute Gasteiger partial charge is 0.289 e. The molecule has 3 rings (SSSR count). The highest BCUT2D eigenvalue weighted by Crippen LogP contribution is 2.26. The molecule has 9 nitrogen and oxygen atoms in total. The summed E-state index contributed by atoms with van der Waals surface area (Å²) in [7, 11) is 0. The molecule has 0 atom stereocenters. The van der Waals surface area contributed by atoms with Gasteiger partial charge in [-0.1, -0.05) is 30.3 Å². The van der Waals surface area contributed by atoms with Crippen LogP contribution in [-0.2, 0) is 6.61 Å². The van der Waals surface area contributed by atoms with Crippen LogP contribution in [0.1, 0.15) is 15.9 Å². The number of carbonyl (C=O) groups excluding carboxylic acids is 1. The minimum Gasteiger partial charge on any atom is -0.489 e. The zero-order chi connectivity index (χ0) is 20.8. The van der Waals surface area contributed by atoms with E-state index in [9.17, 15) is 25.0 Å². The third-order valence-electron chi connectivity index (χ3n) is 3.99. The Labute approximate surface area is 164 Å². The molecule has 0 radical (unpaired) electrons. The number of rotatable bonds is 7. The van der Waals surface area contributed by atoms with E-state index in [2.05, 4.69) is 5.32 Å². The lowest BCUT2D eigenvalue weighted by atomic mass is 10.1. The highest BCUT2D eigenvalue weighted by molar-refractivity contribution is 6.07. The van der Waals surface area contributed by atoms with Crippen LogP contribution in [0.15, 0.2) is 72.8 Å². The molecule has 0 aromatic heterocycles. The lowest BCUT2D eigenvalue weighted by molar-refractivity contribution is -0.394. The van der Waals surface area contributed by atoms with Crippen molar-refractivity contribution in [2.75, 3.05) is 5.32 Å². The lowest BCUT2D eigenvalue weighted by Gasteiger charge is -2.09. The van der Waals surface area contributed by atoms with Crippen LogP contribution in [0.3, 0.4) is 0 Å². The van der Waals surface area contributed by atoms with Crippen molar-refractivity contribution in [3.63, 3.8) is 0 Å². The van der Waals surface area contributed by atoms with Crippen LogP contribution in [0.5, 0.6) is 5.75 Å². The number of carbonyl (C=O) groups is 1. The van der Waals surface area contributed by atoms with Gasteiger partial charge in [-0.05, 0) is 35.9 Å². The van der Waals surface area contributed by atoms with Crippen molar-refractivity contribution in [1.82, 2.24) is 0 Å². The van der Waals surface area contributed by atoms with Crippen molar-refractivity contribution in [3.8, 4) is 5.75 Å². The first-order valence-electron chi connectivity index (χ1n) is 8.45. The largest absolute Gasteiger partial charge is 0.489 e. The fourth-order valence-electron chi connectivity index (χ4n) is 2.55. The number of anilines is 1. The Morgan fingerprint density at radius 2 is 1.59 bits per heavy atom. The standard InChI is InChI=1S/C20H15N3O6/c24-20(18-11-8-16(22(25)26)12-19(18)23(27)28)21-15-6-9-17(10-7-15)29-13-14-4-2-1-3-5-14/h1-12H,13H2,(H,21,24). The van der Waals surface area contributed by atoms with E-state index in [1.165, 1.54) is 0 Å². The van der Waals surface area contributed by atoms with Gasteiger partial charge in [-0.2, -0.15) is 0 Å². The molecule has 1 N–H and O–H groups in total. The van der Waals surface area contributed by atoms with Crippen LogP contribution in [0.4, 0.5) is 17.1 Å². The number of nitro groups is 2. The Balaban J connectivity index is 1.69. The van der Waals surface area contributed by atoms with Crippen LogP contribution in [-0.4, -0.2) is 15.8 Å². The first-order chi connectivity index (χ1) is 13.9. The number of amides is 1. The normalized spacial score (nSPS) is 10.2. The van der Waals surface area contributed by atoms with Crippen LogP contribution in [0.25, 0.3) is 0 Å². The third-order valence-corrected chi connectivity index (χ3v) is 3.99. The molecule has 0 aliphatic rings. The SMILES string of the molecule is O=C(Nc1ccc(OCc2ccccc2)cc1)c1ccc([N+](=O)[O-])cc1[N+](=O)[O-]. The molecule has 0 saturated carbocycles. The molecular weight excluding hydrogens is 378 g/mol. The maximum absolute atomic E-state index is 12.4. The van der Waals surface area contributed by atoms with E-state index in [0.29, 0.717) is 18.0 Å². The van der Waals surface area contributed by atoms with Crippen LogP contribution in [0.2, 0.25) is 0 Å². The predicted octanol–water partition coefficient (Wildman–Crippen LogP) is 4.33. The summed E-state index contributed by atoms with van der Waals surface area (Å²) >= 11 is 0. The Morgan fingerprint density at radius 3 is 2.21 bits per heavy atom. The Bertz CT molecular complexity index is 1050. The highest BCUT2D eigenvalue weighted by Gasteiger charge is 2.24. The van der Waals surface area contributed by atoms with E-state index < -0.39 is 27.1 Å². The number of non-ortho nitro benzene ring substituents is 1. The topological polar surface area (TPSA) is 125 Å². The molecule has 0 saturated heterocycles. The summed E-state index contributed by atoms with van der Waals surface area (Å²) in [6.07, 6.45) is 0. The van der Waals surface area contributed by atoms with Crippen molar-refractivity contribution in [2.45, 2.75) is 6.61 Å². The van der Waals surface area contributed by atoms with Gasteiger partial charge in [-0.3, -0.25) is 25.0 Å². The van der Waals surface area contributed by atoms with Crippen molar-refractivity contribution in [2.24, 2.45) is 0 Å². The van der Waals surface area contributed by atoms with Crippen LogP contribution >= 0.6 is 0 Å². The molecule has 0 unspecified atom stereocenters. The van der Waals surface area contributed by atoms with Crippen molar-refractivity contribution in [3.05, 3.63) is 104 Å². The molecular formula is C20H15N3O6. The average molecular weight is 393 g/mol. The number of nitrogens with zero attached hydrogens (tertiary/aromatic N) is 2. The summed E-state index contributed by atoms with van der Waals surface area (Å²) in [6, 6.07) is 19.0. The van der Waals surface area contributed by atoms with Crippen molar-refractivity contribution < 1.29 is 19.4 Å². The van der Waals surface area contributed by atoms with Gasteiger partial charge in [0.2, 0.25) is 0 Å². The minimum absolute atomic E-state index is 0.273. The molecule has 1 amide bonds. The van der Waals surface area contributed by atoms with E-state index in [0.717, 1.165) is 23.8 Å². The summed E-state index contributed by atoms with van der Waals surface area (Å²) < 4.78 is 5.66.